The van der Waals surface area contributed by atoms with Crippen molar-refractivity contribution in [2.24, 2.45) is 5.92 Å². The van der Waals surface area contributed by atoms with Crippen molar-refractivity contribution < 1.29 is 4.79 Å². The zero-order valence-electron chi connectivity index (χ0n) is 9.69. The summed E-state index contributed by atoms with van der Waals surface area (Å²) in [4.78, 5) is 16.2. The van der Waals surface area contributed by atoms with Gasteiger partial charge in [-0.2, -0.15) is 0 Å². The van der Waals surface area contributed by atoms with E-state index in [1.165, 1.54) is 6.42 Å². The Balaban J connectivity index is 1.45. The maximum atomic E-state index is 12.0. The van der Waals surface area contributed by atoms with E-state index >= 15 is 0 Å². The molecule has 17 heavy (non-hydrogen) atoms. The lowest BCUT2D eigenvalue weighted by Crippen LogP contribution is -2.38. The van der Waals surface area contributed by atoms with Crippen LogP contribution in [-0.2, 0) is 11.2 Å². The molecule has 0 aliphatic carbocycles. The molecule has 0 aromatic carbocycles. The molecule has 3 atom stereocenters. The molecule has 2 saturated heterocycles. The van der Waals surface area contributed by atoms with Gasteiger partial charge in [-0.25, -0.2) is 4.98 Å². The summed E-state index contributed by atoms with van der Waals surface area (Å²) in [5, 5.41) is 8.56. The summed E-state index contributed by atoms with van der Waals surface area (Å²) < 4.78 is 0. The molecule has 2 aliphatic rings. The first-order valence-electron chi connectivity index (χ1n) is 6.24. The molecule has 2 N–H and O–H groups in total. The van der Waals surface area contributed by atoms with Gasteiger partial charge in [0.25, 0.3) is 0 Å². The quantitative estimate of drug-likeness (QED) is 0.837. The number of thiazole rings is 1. The first kappa shape index (κ1) is 11.2. The first-order valence-corrected chi connectivity index (χ1v) is 7.18. The summed E-state index contributed by atoms with van der Waals surface area (Å²) in [6.45, 7) is 0.705. The molecular weight excluding hydrogens is 234 g/mol. The smallest absolute Gasteiger partial charge is 0.224 e. The van der Waals surface area contributed by atoms with Gasteiger partial charge in [-0.15, -0.1) is 11.3 Å². The minimum atomic E-state index is 0.198. The Morgan fingerprint density at radius 3 is 3.18 bits per heavy atom. The van der Waals surface area contributed by atoms with E-state index < -0.39 is 0 Å². The summed E-state index contributed by atoms with van der Waals surface area (Å²) in [6.07, 6.45) is 4.26. The molecule has 2 fully saturated rings. The molecule has 2 aliphatic heterocycles. The van der Waals surface area contributed by atoms with Gasteiger partial charge in [0, 0.05) is 30.4 Å². The Kier molecular flexibility index (Phi) is 3.11. The van der Waals surface area contributed by atoms with Crippen molar-refractivity contribution in [3.05, 3.63) is 16.6 Å². The summed E-state index contributed by atoms with van der Waals surface area (Å²) >= 11 is 1.60. The van der Waals surface area contributed by atoms with Crippen LogP contribution in [0.1, 0.15) is 25.0 Å². The highest BCUT2D eigenvalue weighted by Crippen LogP contribution is 2.33. The highest BCUT2D eigenvalue weighted by molar-refractivity contribution is 7.07. The third-order valence-electron chi connectivity index (χ3n) is 3.80. The van der Waals surface area contributed by atoms with Gasteiger partial charge in [-0.05, 0) is 19.3 Å². The zero-order chi connectivity index (χ0) is 11.7. The Labute approximate surface area is 105 Å². The van der Waals surface area contributed by atoms with Crippen LogP contribution in [0.15, 0.2) is 10.9 Å². The molecule has 3 unspecified atom stereocenters. The lowest BCUT2D eigenvalue weighted by atomic mass is 9.88. The molecule has 1 aromatic heterocycles. The van der Waals surface area contributed by atoms with E-state index in [9.17, 15) is 4.79 Å². The molecule has 5 heteroatoms. The molecule has 3 rings (SSSR count). The van der Waals surface area contributed by atoms with Gasteiger partial charge in [0.15, 0.2) is 0 Å². The van der Waals surface area contributed by atoms with E-state index in [-0.39, 0.29) is 11.8 Å². The Morgan fingerprint density at radius 2 is 2.53 bits per heavy atom. The van der Waals surface area contributed by atoms with Crippen molar-refractivity contribution in [2.75, 3.05) is 6.54 Å². The predicted molar refractivity (Wildman–Crippen MR) is 66.9 cm³/mol. The van der Waals surface area contributed by atoms with Crippen LogP contribution in [0.25, 0.3) is 0 Å². The number of aromatic nitrogens is 1. The number of carbonyl (C=O) groups is 1. The monoisotopic (exact) mass is 251 g/mol. The highest BCUT2D eigenvalue weighted by atomic mass is 32.1. The average Bonchev–Trinajstić information content (AvgIpc) is 3.05. The highest BCUT2D eigenvalue weighted by Gasteiger charge is 2.42. The van der Waals surface area contributed by atoms with Crippen LogP contribution in [0.5, 0.6) is 0 Å². The molecule has 92 valence electrons. The van der Waals surface area contributed by atoms with E-state index in [1.54, 1.807) is 11.3 Å². The van der Waals surface area contributed by atoms with Gasteiger partial charge >= 0.3 is 0 Å². The molecule has 2 bridgehead atoms. The van der Waals surface area contributed by atoms with Crippen molar-refractivity contribution in [1.29, 1.82) is 0 Å². The summed E-state index contributed by atoms with van der Waals surface area (Å²) in [5.41, 5.74) is 2.90. The van der Waals surface area contributed by atoms with Crippen LogP contribution >= 0.6 is 11.3 Å². The molecular formula is C12H17N3OS. The maximum absolute atomic E-state index is 12.0. The standard InChI is InChI=1S/C12H17N3OS/c16-12(10-5-8-1-2-11(10)15-8)13-4-3-9-6-17-7-14-9/h6-8,10-11,15H,1-5H2,(H,13,16). The fourth-order valence-electron chi connectivity index (χ4n) is 2.92. The third-order valence-corrected chi connectivity index (χ3v) is 4.44. The Morgan fingerprint density at radius 1 is 1.59 bits per heavy atom. The SMILES string of the molecule is O=C(NCCc1cscn1)C1CC2CCC1N2. The Hall–Kier alpha value is -0.940. The van der Waals surface area contributed by atoms with E-state index in [1.807, 2.05) is 10.9 Å². The van der Waals surface area contributed by atoms with Crippen LogP contribution in [0.4, 0.5) is 0 Å². The van der Waals surface area contributed by atoms with E-state index in [0.717, 1.165) is 25.0 Å². The van der Waals surface area contributed by atoms with Gasteiger partial charge in [-0.3, -0.25) is 4.79 Å². The first-order chi connectivity index (χ1) is 8.33. The number of nitrogens with zero attached hydrogens (tertiary/aromatic N) is 1. The number of hydrogen-bond acceptors (Lipinski definition) is 4. The van der Waals surface area contributed by atoms with Gasteiger partial charge < -0.3 is 10.6 Å². The van der Waals surface area contributed by atoms with Gasteiger partial charge in [-0.1, -0.05) is 0 Å². The van der Waals surface area contributed by atoms with Crippen LogP contribution in [0.2, 0.25) is 0 Å². The minimum absolute atomic E-state index is 0.198. The molecule has 1 aromatic rings. The molecule has 1 amide bonds. The van der Waals surface area contributed by atoms with Crippen molar-refractivity contribution in [1.82, 2.24) is 15.6 Å². The molecule has 4 nitrogen and oxygen atoms in total. The van der Waals surface area contributed by atoms with Gasteiger partial charge in [0.05, 0.1) is 17.1 Å². The number of amides is 1. The lowest BCUT2D eigenvalue weighted by Gasteiger charge is -2.19. The zero-order valence-corrected chi connectivity index (χ0v) is 10.5. The van der Waals surface area contributed by atoms with Crippen molar-refractivity contribution in [3.63, 3.8) is 0 Å². The average molecular weight is 251 g/mol. The fourth-order valence-corrected chi connectivity index (χ4v) is 3.51. The molecule has 0 saturated carbocycles. The summed E-state index contributed by atoms with van der Waals surface area (Å²) in [7, 11) is 0. The van der Waals surface area contributed by atoms with E-state index in [4.69, 9.17) is 0 Å². The summed E-state index contributed by atoms with van der Waals surface area (Å²) in [5.74, 6) is 0.420. The fraction of sp³-hybridized carbons (Fsp3) is 0.667. The van der Waals surface area contributed by atoms with Crippen LogP contribution in [0.3, 0.4) is 0 Å². The second kappa shape index (κ2) is 4.74. The van der Waals surface area contributed by atoms with Crippen molar-refractivity contribution in [2.45, 2.75) is 37.8 Å². The predicted octanol–water partition coefficient (Wildman–Crippen LogP) is 0.942. The molecule has 3 heterocycles. The Bertz CT molecular complexity index is 392. The van der Waals surface area contributed by atoms with Crippen molar-refractivity contribution in [3.8, 4) is 0 Å². The maximum Gasteiger partial charge on any atom is 0.224 e. The number of rotatable bonds is 4. The number of nitrogens with one attached hydrogen (secondary N) is 2. The second-order valence-corrected chi connectivity index (χ2v) is 5.63. The van der Waals surface area contributed by atoms with Crippen LogP contribution in [0, 0.1) is 5.92 Å². The lowest BCUT2D eigenvalue weighted by molar-refractivity contribution is -0.125. The van der Waals surface area contributed by atoms with Crippen LogP contribution in [-0.4, -0.2) is 29.5 Å². The minimum Gasteiger partial charge on any atom is -0.355 e. The topological polar surface area (TPSA) is 54.0 Å². The van der Waals surface area contributed by atoms with E-state index in [2.05, 4.69) is 15.6 Å². The van der Waals surface area contributed by atoms with Crippen molar-refractivity contribution >= 4 is 17.2 Å². The largest absolute Gasteiger partial charge is 0.355 e. The third kappa shape index (κ3) is 2.35. The normalized spacial score (nSPS) is 30.7. The number of hydrogen-bond donors (Lipinski definition) is 2. The summed E-state index contributed by atoms with van der Waals surface area (Å²) in [6, 6.07) is 1.02. The number of carbonyl (C=O) groups excluding carboxylic acids is 1. The van der Waals surface area contributed by atoms with Crippen LogP contribution < -0.4 is 10.6 Å². The molecule has 0 radical (unpaired) electrons. The van der Waals surface area contributed by atoms with Gasteiger partial charge in [0.1, 0.15) is 0 Å². The second-order valence-electron chi connectivity index (χ2n) is 4.91. The van der Waals surface area contributed by atoms with Gasteiger partial charge in [0.2, 0.25) is 5.91 Å². The van der Waals surface area contributed by atoms with E-state index in [0.29, 0.717) is 18.6 Å². The molecule has 0 spiro atoms. The number of fused-ring (bicyclic) bond motifs is 2.